The van der Waals surface area contributed by atoms with E-state index in [-0.39, 0.29) is 12.4 Å². The van der Waals surface area contributed by atoms with E-state index in [1.54, 1.807) is 3.81 Å². The van der Waals surface area contributed by atoms with Gasteiger partial charge in [-0.25, -0.2) is 0 Å². The Morgan fingerprint density at radius 2 is 1.66 bits per heavy atom. The Labute approximate surface area is 194 Å². The van der Waals surface area contributed by atoms with Crippen molar-refractivity contribution in [3.05, 3.63) is 76.9 Å². The maximum absolute atomic E-state index is 3.68. The van der Waals surface area contributed by atoms with E-state index >= 15 is 0 Å². The molecule has 150 valence electrons. The van der Waals surface area contributed by atoms with Crippen molar-refractivity contribution in [2.75, 3.05) is 0 Å². The van der Waals surface area contributed by atoms with Crippen molar-refractivity contribution in [1.82, 2.24) is 0 Å². The molecule has 1 unspecified atom stereocenters. The van der Waals surface area contributed by atoms with Crippen molar-refractivity contribution >= 4 is 9.38 Å². The minimum absolute atomic E-state index is 0. The smallest absolute Gasteiger partial charge is 0.0195 e. The number of hydrogen-bond donors (Lipinski definition) is 0. The van der Waals surface area contributed by atoms with Crippen molar-refractivity contribution in [2.45, 2.75) is 48.0 Å². The summed E-state index contributed by atoms with van der Waals surface area (Å²) in [4.78, 5) is 0. The van der Waals surface area contributed by atoms with Gasteiger partial charge in [0.1, 0.15) is 0 Å². The Bertz CT molecular complexity index is 937. The van der Waals surface area contributed by atoms with Gasteiger partial charge in [-0.2, -0.15) is 0 Å². The zero-order valence-electron chi connectivity index (χ0n) is 18.4. The van der Waals surface area contributed by atoms with Crippen LogP contribution < -0.4 is 12.4 Å². The maximum Gasteiger partial charge on any atom is -0.0195 e. The fourth-order valence-electron chi connectivity index (χ4n) is 4.17. The molecular weight excluding hydrogens is 408 g/mol. The summed E-state index contributed by atoms with van der Waals surface area (Å²) in [5.41, 5.74) is 9.61. The molecule has 0 N–H and O–H groups in total. The molecule has 0 spiro atoms. The van der Waals surface area contributed by atoms with E-state index in [4.69, 9.17) is 0 Å². The summed E-state index contributed by atoms with van der Waals surface area (Å²) in [6.07, 6.45) is 5.53. The minimum atomic E-state index is 0. The molecule has 2 aliphatic carbocycles. The second kappa shape index (κ2) is 10.2. The van der Waals surface area contributed by atoms with Gasteiger partial charge in [0.05, 0.1) is 0 Å². The molecule has 0 bridgehead atoms. The van der Waals surface area contributed by atoms with Crippen LogP contribution in [0.4, 0.5) is 0 Å². The van der Waals surface area contributed by atoms with Crippen molar-refractivity contribution in [1.29, 1.82) is 0 Å². The van der Waals surface area contributed by atoms with Gasteiger partial charge in [-0.3, -0.25) is 0 Å². The third-order valence-corrected chi connectivity index (χ3v) is 7.55. The molecule has 29 heavy (non-hydrogen) atoms. The van der Waals surface area contributed by atoms with Crippen molar-refractivity contribution < 1.29 is 32.4 Å². The molecule has 1 atom stereocenters. The van der Waals surface area contributed by atoms with E-state index in [1.807, 2.05) is 0 Å². The first-order valence-electron chi connectivity index (χ1n) is 10.4. The number of rotatable bonds is 3. The standard InChI is InChI=1S/C20H17.C7H14.ClH.Ti/c1-13-7-8-14(2)20(13)16-9-10-19-17(12-16)11-15-5-3-4-6-18(15)19;1-6(2)5-7(3)4;;/h3-10,13H,11H2,1-2H3;6-7H,1-4H3;1H;/q-1;;;+2/p-1. The van der Waals surface area contributed by atoms with Crippen LogP contribution in [-0.2, 0) is 26.4 Å². The fourth-order valence-corrected chi connectivity index (χ4v) is 4.17. The first-order valence-corrected chi connectivity index (χ1v) is 11.2. The van der Waals surface area contributed by atoms with Gasteiger partial charge < -0.3 is 12.4 Å². The van der Waals surface area contributed by atoms with E-state index in [9.17, 15) is 0 Å². The van der Waals surface area contributed by atoms with Crippen LogP contribution in [0, 0.1) is 23.8 Å². The third kappa shape index (κ3) is 5.29. The molecule has 2 aromatic carbocycles. The summed E-state index contributed by atoms with van der Waals surface area (Å²) in [6, 6.07) is 16.9. The Balaban J connectivity index is 0.000000289. The molecule has 0 fully saturated rings. The molecule has 0 aromatic heterocycles. The Kier molecular flexibility index (Phi) is 8.47. The van der Waals surface area contributed by atoms with Crippen LogP contribution in [0.3, 0.4) is 0 Å². The van der Waals surface area contributed by atoms with Crippen molar-refractivity contribution in [2.24, 2.45) is 17.8 Å². The van der Waals surface area contributed by atoms with Crippen molar-refractivity contribution in [3.63, 3.8) is 0 Å². The monoisotopic (exact) mass is 438 g/mol. The van der Waals surface area contributed by atoms with Crippen LogP contribution in [0.2, 0.25) is 0 Å². The number of fused-ring (bicyclic) bond motifs is 3. The van der Waals surface area contributed by atoms with E-state index in [1.165, 1.54) is 39.0 Å². The quantitative estimate of drug-likeness (QED) is 0.427. The Morgan fingerprint density at radius 3 is 2.21 bits per heavy atom. The first-order chi connectivity index (χ1) is 13.3. The SMILES string of the molecule is CC(C)[C](=[Ti+2])C(C)C.CC1=C(c2[c-]c3c(cc2)-c2ccccc2C3)C(C)C=C1.[Cl-]. The molecule has 2 aliphatic rings. The van der Waals surface area contributed by atoms with Gasteiger partial charge in [0, 0.05) is 0 Å². The zero-order chi connectivity index (χ0) is 20.4. The zero-order valence-corrected chi connectivity index (χ0v) is 20.8. The van der Waals surface area contributed by atoms with Crippen LogP contribution in [-0.4, -0.2) is 3.81 Å². The molecular formula is C27H31ClTi. The average Bonchev–Trinajstić information content (AvgIpc) is 3.20. The van der Waals surface area contributed by atoms with Gasteiger partial charge in [0.25, 0.3) is 0 Å². The largest absolute Gasteiger partial charge is 1.00 e. The maximum atomic E-state index is 3.68. The van der Waals surface area contributed by atoms with E-state index in [0.717, 1.165) is 18.3 Å². The normalized spacial score (nSPS) is 16.4. The first kappa shape index (κ1) is 24.1. The number of benzene rings is 2. The molecule has 0 saturated carbocycles. The molecule has 4 rings (SSSR count). The van der Waals surface area contributed by atoms with Crippen LogP contribution in [0.5, 0.6) is 0 Å². The van der Waals surface area contributed by atoms with Gasteiger partial charge in [-0.05, 0) is 24.8 Å². The molecule has 2 aromatic rings. The van der Waals surface area contributed by atoms with E-state index < -0.39 is 0 Å². The van der Waals surface area contributed by atoms with Gasteiger partial charge in [-0.1, -0.05) is 60.0 Å². The molecule has 0 radical (unpaired) electrons. The summed E-state index contributed by atoms with van der Waals surface area (Å²) in [5.74, 6) is 2.03. The second-order valence-corrected chi connectivity index (χ2v) is 9.51. The van der Waals surface area contributed by atoms with Crippen LogP contribution in [0.1, 0.15) is 58.2 Å². The summed E-state index contributed by atoms with van der Waals surface area (Å²) in [5, 5.41) is 0. The predicted molar refractivity (Wildman–Crippen MR) is 119 cm³/mol. The summed E-state index contributed by atoms with van der Waals surface area (Å²) in [7, 11) is 0. The molecule has 0 heterocycles. The van der Waals surface area contributed by atoms with Gasteiger partial charge >= 0.3 is 63.3 Å². The van der Waals surface area contributed by atoms with E-state index in [0.29, 0.717) is 5.92 Å². The molecule has 0 nitrogen and oxygen atoms in total. The molecule has 0 aliphatic heterocycles. The summed E-state index contributed by atoms with van der Waals surface area (Å²) < 4.78 is 1.60. The van der Waals surface area contributed by atoms with E-state index in [2.05, 4.69) is 116 Å². The van der Waals surface area contributed by atoms with Gasteiger partial charge in [0.2, 0.25) is 0 Å². The number of halogens is 1. The van der Waals surface area contributed by atoms with Crippen molar-refractivity contribution in [3.8, 4) is 11.1 Å². The summed E-state index contributed by atoms with van der Waals surface area (Å²) in [6.45, 7) is 13.4. The number of hydrogen-bond acceptors (Lipinski definition) is 0. The Morgan fingerprint density at radius 1 is 1.00 bits per heavy atom. The molecule has 0 amide bonds. The predicted octanol–water partition coefficient (Wildman–Crippen LogP) is 4.06. The second-order valence-electron chi connectivity index (χ2n) is 8.61. The molecule has 0 saturated heterocycles. The van der Waals surface area contributed by atoms with Crippen LogP contribution in [0.25, 0.3) is 16.7 Å². The third-order valence-electron chi connectivity index (χ3n) is 5.75. The Hall–Kier alpha value is -1.21. The van der Waals surface area contributed by atoms with Crippen LogP contribution in [0.15, 0.2) is 54.1 Å². The van der Waals surface area contributed by atoms with Crippen LogP contribution >= 0.6 is 0 Å². The van der Waals surface area contributed by atoms with Gasteiger partial charge in [-0.15, -0.1) is 34.9 Å². The van der Waals surface area contributed by atoms with Gasteiger partial charge in [0.15, 0.2) is 0 Å². The molecule has 2 heteroatoms. The number of allylic oxidation sites excluding steroid dienone is 4. The average molecular weight is 439 g/mol. The minimum Gasteiger partial charge on any atom is -1.00 e. The summed E-state index contributed by atoms with van der Waals surface area (Å²) >= 11 is 2.23. The fraction of sp³-hybridized carbons (Fsp3) is 0.370. The topological polar surface area (TPSA) is 0 Å².